The van der Waals surface area contributed by atoms with E-state index < -0.39 is 16.2 Å². The lowest BCUT2D eigenvalue weighted by atomic mass is 10.1. The molecular weight excluding hydrogens is 300 g/mol. The zero-order chi connectivity index (χ0) is 16.6. The fourth-order valence-electron chi connectivity index (χ4n) is 2.31. The number of hydrogen-bond acceptors (Lipinski definition) is 6. The first-order valence-corrected chi connectivity index (χ1v) is 6.74. The summed E-state index contributed by atoms with van der Waals surface area (Å²) in [7, 11) is 0. The van der Waals surface area contributed by atoms with Gasteiger partial charge in [0.2, 0.25) is 0 Å². The average Bonchev–Trinajstić information content (AvgIpc) is 2.50. The van der Waals surface area contributed by atoms with Gasteiger partial charge in [-0.25, -0.2) is 4.79 Å². The lowest BCUT2D eigenvalue weighted by Gasteiger charge is -2.11. The maximum absolute atomic E-state index is 11.9. The molecule has 1 aromatic heterocycles. The van der Waals surface area contributed by atoms with E-state index in [0.29, 0.717) is 11.1 Å². The molecule has 3 rings (SSSR count). The van der Waals surface area contributed by atoms with Gasteiger partial charge in [-0.1, -0.05) is 18.2 Å². The summed E-state index contributed by atoms with van der Waals surface area (Å²) in [5.41, 5.74) is -0.210. The Hall–Kier alpha value is -3.35. The number of hydrogen-bond donors (Lipinski definition) is 2. The summed E-state index contributed by atoms with van der Waals surface area (Å²) in [6.45, 7) is 1.78. The van der Waals surface area contributed by atoms with Crippen LogP contribution in [0.2, 0.25) is 0 Å². The molecule has 116 valence electrons. The summed E-state index contributed by atoms with van der Waals surface area (Å²) in [6.07, 6.45) is 0. The predicted octanol–water partition coefficient (Wildman–Crippen LogP) is 3.46. The fourth-order valence-corrected chi connectivity index (χ4v) is 2.31. The van der Waals surface area contributed by atoms with Crippen LogP contribution in [-0.4, -0.2) is 10.0 Å². The van der Waals surface area contributed by atoms with Crippen molar-refractivity contribution in [1.29, 1.82) is 0 Å². The van der Waals surface area contributed by atoms with Gasteiger partial charge >= 0.3 is 11.3 Å². The standard InChI is InChI=1S/C16H12N2O5/c1-9-6-7-10(19)8-12(9)17-14-11-4-2-3-5-13(11)23-16(20)15(14)18(21)22/h2-8,17,19H,1H3. The average molecular weight is 312 g/mol. The summed E-state index contributed by atoms with van der Waals surface area (Å²) in [6, 6.07) is 11.1. The molecule has 0 spiro atoms. The Bertz CT molecular complexity index is 978. The maximum atomic E-state index is 11.9. The number of nitro groups is 1. The predicted molar refractivity (Wildman–Crippen MR) is 85.3 cm³/mol. The molecule has 0 aliphatic carbocycles. The number of aryl methyl sites for hydroxylation is 1. The number of para-hydroxylation sites is 1. The Morgan fingerprint density at radius 1 is 1.22 bits per heavy atom. The summed E-state index contributed by atoms with van der Waals surface area (Å²) in [5, 5.41) is 24.2. The molecule has 0 fully saturated rings. The number of fused-ring (bicyclic) bond motifs is 1. The van der Waals surface area contributed by atoms with Gasteiger partial charge in [0.05, 0.1) is 4.92 Å². The third-order valence-electron chi connectivity index (χ3n) is 3.45. The third kappa shape index (κ3) is 2.59. The molecule has 0 radical (unpaired) electrons. The van der Waals surface area contributed by atoms with Crippen molar-refractivity contribution in [2.24, 2.45) is 0 Å². The van der Waals surface area contributed by atoms with E-state index >= 15 is 0 Å². The van der Waals surface area contributed by atoms with Crippen molar-refractivity contribution in [2.75, 3.05) is 5.32 Å². The van der Waals surface area contributed by atoms with Gasteiger partial charge in [0.25, 0.3) is 0 Å². The van der Waals surface area contributed by atoms with E-state index in [9.17, 15) is 20.0 Å². The molecular formula is C16H12N2O5. The van der Waals surface area contributed by atoms with Crippen LogP contribution in [0.15, 0.2) is 51.7 Å². The van der Waals surface area contributed by atoms with Crippen LogP contribution in [0.5, 0.6) is 5.75 Å². The van der Waals surface area contributed by atoms with Crippen molar-refractivity contribution in [3.05, 3.63) is 68.6 Å². The van der Waals surface area contributed by atoms with Gasteiger partial charge < -0.3 is 14.8 Å². The zero-order valence-corrected chi connectivity index (χ0v) is 12.1. The van der Waals surface area contributed by atoms with Crippen molar-refractivity contribution in [1.82, 2.24) is 0 Å². The van der Waals surface area contributed by atoms with Crippen molar-refractivity contribution in [2.45, 2.75) is 6.92 Å². The number of rotatable bonds is 3. The lowest BCUT2D eigenvalue weighted by Crippen LogP contribution is -2.10. The molecule has 1 heterocycles. The van der Waals surface area contributed by atoms with Crippen LogP contribution in [-0.2, 0) is 0 Å². The first-order chi connectivity index (χ1) is 11.0. The number of aromatic hydroxyl groups is 1. The van der Waals surface area contributed by atoms with Gasteiger partial charge in [-0.05, 0) is 30.7 Å². The first-order valence-electron chi connectivity index (χ1n) is 6.74. The van der Waals surface area contributed by atoms with Crippen LogP contribution < -0.4 is 10.9 Å². The summed E-state index contributed by atoms with van der Waals surface area (Å²) < 4.78 is 5.00. The fraction of sp³-hybridized carbons (Fsp3) is 0.0625. The Kier molecular flexibility index (Phi) is 3.46. The van der Waals surface area contributed by atoms with Crippen LogP contribution in [0, 0.1) is 17.0 Å². The molecule has 0 unspecified atom stereocenters. The SMILES string of the molecule is Cc1ccc(O)cc1Nc1c([N+](=O)[O-])c(=O)oc2ccccc12. The van der Waals surface area contributed by atoms with E-state index in [0.717, 1.165) is 5.56 Å². The highest BCUT2D eigenvalue weighted by atomic mass is 16.6. The summed E-state index contributed by atoms with van der Waals surface area (Å²) in [5.74, 6) is 0.00743. The molecule has 0 saturated heterocycles. The minimum absolute atomic E-state index is 0.00743. The van der Waals surface area contributed by atoms with Gasteiger partial charge in [-0.15, -0.1) is 0 Å². The number of nitrogens with zero attached hydrogens (tertiary/aromatic N) is 1. The molecule has 3 aromatic rings. The maximum Gasteiger partial charge on any atom is 0.417 e. The van der Waals surface area contributed by atoms with Gasteiger partial charge in [0.1, 0.15) is 17.0 Å². The summed E-state index contributed by atoms with van der Waals surface area (Å²) in [4.78, 5) is 22.4. The number of phenolic OH excluding ortho intramolecular Hbond substituents is 1. The molecule has 0 aliphatic heterocycles. The Balaban J connectivity index is 2.30. The highest BCUT2D eigenvalue weighted by Crippen LogP contribution is 2.34. The van der Waals surface area contributed by atoms with E-state index in [-0.39, 0.29) is 17.0 Å². The van der Waals surface area contributed by atoms with E-state index in [4.69, 9.17) is 4.42 Å². The van der Waals surface area contributed by atoms with Gasteiger partial charge in [0.15, 0.2) is 0 Å². The Morgan fingerprint density at radius 2 is 1.96 bits per heavy atom. The highest BCUT2D eigenvalue weighted by molar-refractivity contribution is 5.96. The zero-order valence-electron chi connectivity index (χ0n) is 12.1. The van der Waals surface area contributed by atoms with E-state index in [1.165, 1.54) is 12.1 Å². The Morgan fingerprint density at radius 3 is 2.70 bits per heavy atom. The molecule has 0 aliphatic rings. The normalized spacial score (nSPS) is 10.7. The molecule has 0 saturated carbocycles. The summed E-state index contributed by atoms with van der Waals surface area (Å²) >= 11 is 0. The number of phenols is 1. The lowest BCUT2D eigenvalue weighted by molar-refractivity contribution is -0.386. The second-order valence-corrected chi connectivity index (χ2v) is 4.99. The molecule has 2 aromatic carbocycles. The van der Waals surface area contributed by atoms with Crippen LogP contribution in [0.1, 0.15) is 5.56 Å². The molecule has 2 N–H and O–H groups in total. The second kappa shape index (κ2) is 5.45. The molecule has 23 heavy (non-hydrogen) atoms. The van der Waals surface area contributed by atoms with E-state index in [2.05, 4.69) is 5.32 Å². The van der Waals surface area contributed by atoms with E-state index in [1.807, 2.05) is 0 Å². The molecule has 0 atom stereocenters. The van der Waals surface area contributed by atoms with Crippen LogP contribution in [0.25, 0.3) is 11.0 Å². The first kappa shape index (κ1) is 14.6. The van der Waals surface area contributed by atoms with Crippen molar-refractivity contribution < 1.29 is 14.4 Å². The number of benzene rings is 2. The Labute approximate surface area is 129 Å². The van der Waals surface area contributed by atoms with Crippen LogP contribution in [0.3, 0.4) is 0 Å². The monoisotopic (exact) mass is 312 g/mol. The molecule has 7 heteroatoms. The smallest absolute Gasteiger partial charge is 0.417 e. The third-order valence-corrected chi connectivity index (χ3v) is 3.45. The van der Waals surface area contributed by atoms with Crippen molar-refractivity contribution >= 4 is 28.0 Å². The van der Waals surface area contributed by atoms with Crippen molar-refractivity contribution in [3.63, 3.8) is 0 Å². The quantitative estimate of drug-likeness (QED) is 0.436. The minimum atomic E-state index is -1.03. The van der Waals surface area contributed by atoms with Crippen LogP contribution >= 0.6 is 0 Å². The molecule has 7 nitrogen and oxygen atoms in total. The second-order valence-electron chi connectivity index (χ2n) is 4.99. The van der Waals surface area contributed by atoms with Crippen molar-refractivity contribution in [3.8, 4) is 5.75 Å². The topological polar surface area (TPSA) is 106 Å². The number of anilines is 2. The molecule has 0 bridgehead atoms. The van der Waals surface area contributed by atoms with Gasteiger partial charge in [0, 0.05) is 17.1 Å². The minimum Gasteiger partial charge on any atom is -0.508 e. The van der Waals surface area contributed by atoms with Gasteiger partial charge in [-0.3, -0.25) is 10.1 Å². The largest absolute Gasteiger partial charge is 0.508 e. The molecule has 0 amide bonds. The van der Waals surface area contributed by atoms with Gasteiger partial charge in [-0.2, -0.15) is 0 Å². The number of nitrogens with one attached hydrogen (secondary N) is 1. The van der Waals surface area contributed by atoms with E-state index in [1.54, 1.807) is 37.3 Å². The van der Waals surface area contributed by atoms with Crippen LogP contribution in [0.4, 0.5) is 17.1 Å². The highest BCUT2D eigenvalue weighted by Gasteiger charge is 2.25.